The molecule has 0 bridgehead atoms. The van der Waals surface area contributed by atoms with Crippen LogP contribution in [0.4, 0.5) is 0 Å². The number of rotatable bonds is 0. The first kappa shape index (κ1) is 14.7. The molecule has 0 aliphatic carbocycles. The first-order valence-electron chi connectivity index (χ1n) is 5.10. The lowest BCUT2D eigenvalue weighted by atomic mass is 10.3. The van der Waals surface area contributed by atoms with E-state index in [1.165, 1.54) is 12.0 Å². The molecule has 1 aromatic heterocycles. The van der Waals surface area contributed by atoms with Crippen molar-refractivity contribution in [3.63, 3.8) is 0 Å². The van der Waals surface area contributed by atoms with Gasteiger partial charge in [-0.25, -0.2) is 0 Å². The molecule has 0 saturated heterocycles. The highest BCUT2D eigenvalue weighted by Gasteiger charge is 1.82. The Morgan fingerprint density at radius 1 is 1.15 bits per heavy atom. The lowest BCUT2D eigenvalue weighted by Crippen LogP contribution is -1.78. The molecule has 0 spiro atoms. The summed E-state index contributed by atoms with van der Waals surface area (Å²) in [7, 11) is 0. The van der Waals surface area contributed by atoms with Crippen molar-refractivity contribution in [1.82, 2.24) is 4.98 Å². The highest BCUT2D eigenvalue weighted by atomic mass is 14.6. The number of pyridine rings is 1. The third-order valence-electron chi connectivity index (χ3n) is 1.05. The summed E-state index contributed by atoms with van der Waals surface area (Å²) in [4.78, 5) is 4.04. The van der Waals surface area contributed by atoms with Crippen molar-refractivity contribution >= 4 is 0 Å². The van der Waals surface area contributed by atoms with Crippen molar-refractivity contribution in [1.29, 1.82) is 0 Å². The molecule has 1 heteroatoms. The molecule has 13 heavy (non-hydrogen) atoms. The molecule has 0 N–H and O–H groups in total. The van der Waals surface area contributed by atoms with Crippen LogP contribution in [0.1, 0.15) is 45.4 Å². The van der Waals surface area contributed by atoms with Crippen molar-refractivity contribution in [3.8, 4) is 0 Å². The standard InChI is InChI=1S/C7H9N.C3H8.C2H6/c1-6-3-4-8-7(2)5-6;1-3-2;1-2/h3-5H,1-2H3;3H2,1-2H3;1-2H3. The Balaban J connectivity index is 0. The molecular weight excluding hydrogens is 158 g/mol. The van der Waals surface area contributed by atoms with Gasteiger partial charge in [0.05, 0.1) is 0 Å². The zero-order valence-electron chi connectivity index (χ0n) is 9.89. The maximum atomic E-state index is 4.04. The molecule has 0 aromatic carbocycles. The molecule has 1 heterocycles. The molecule has 1 nitrogen and oxygen atoms in total. The zero-order chi connectivity index (χ0) is 10.7. The van der Waals surface area contributed by atoms with E-state index in [0.29, 0.717) is 0 Å². The fraction of sp³-hybridized carbons (Fsp3) is 0.583. The van der Waals surface area contributed by atoms with Crippen LogP contribution in [0.3, 0.4) is 0 Å². The second-order valence-corrected chi connectivity index (χ2v) is 2.68. The molecule has 0 saturated carbocycles. The molecule has 76 valence electrons. The quantitative estimate of drug-likeness (QED) is 0.586. The molecule has 1 rings (SSSR count). The topological polar surface area (TPSA) is 12.9 Å². The van der Waals surface area contributed by atoms with E-state index in [1.807, 2.05) is 33.0 Å². The average molecular weight is 181 g/mol. The molecule has 0 fully saturated rings. The predicted octanol–water partition coefficient (Wildman–Crippen LogP) is 4.14. The molecule has 0 aliphatic heterocycles. The molecule has 1 aromatic rings. The summed E-state index contributed by atoms with van der Waals surface area (Å²) in [5, 5.41) is 0. The Labute approximate surface area is 83.2 Å². The smallest absolute Gasteiger partial charge is 0.0375 e. The van der Waals surface area contributed by atoms with E-state index in [0.717, 1.165) is 5.69 Å². The monoisotopic (exact) mass is 181 g/mol. The Kier molecular flexibility index (Phi) is 12.6. The van der Waals surface area contributed by atoms with Crippen LogP contribution in [0.15, 0.2) is 18.3 Å². The molecule has 0 unspecified atom stereocenters. The largest absolute Gasteiger partial charge is 0.262 e. The fourth-order valence-corrected chi connectivity index (χ4v) is 0.687. The minimum atomic E-state index is 1.09. The highest BCUT2D eigenvalue weighted by molar-refractivity contribution is 5.12. The van der Waals surface area contributed by atoms with Gasteiger partial charge in [0.25, 0.3) is 0 Å². The van der Waals surface area contributed by atoms with Crippen molar-refractivity contribution in [2.45, 2.75) is 48.0 Å². The number of aromatic nitrogens is 1. The maximum Gasteiger partial charge on any atom is 0.0375 e. The van der Waals surface area contributed by atoms with Crippen LogP contribution in [-0.4, -0.2) is 4.98 Å². The summed E-state index contributed by atoms with van der Waals surface area (Å²) in [6.45, 7) is 12.3. The van der Waals surface area contributed by atoms with E-state index in [1.54, 1.807) is 0 Å². The Bertz CT molecular complexity index is 177. The number of hydrogen-bond acceptors (Lipinski definition) is 1. The highest BCUT2D eigenvalue weighted by Crippen LogP contribution is 1.95. The van der Waals surface area contributed by atoms with Gasteiger partial charge in [-0.15, -0.1) is 0 Å². The van der Waals surface area contributed by atoms with Crippen molar-refractivity contribution in [3.05, 3.63) is 29.6 Å². The van der Waals surface area contributed by atoms with Crippen LogP contribution in [0, 0.1) is 13.8 Å². The molecule has 0 aliphatic rings. The van der Waals surface area contributed by atoms with E-state index in [-0.39, 0.29) is 0 Å². The van der Waals surface area contributed by atoms with Crippen molar-refractivity contribution in [2.24, 2.45) is 0 Å². The minimum Gasteiger partial charge on any atom is -0.262 e. The summed E-state index contributed by atoms with van der Waals surface area (Å²) in [5.41, 5.74) is 2.36. The molecular formula is C12H23N. The van der Waals surface area contributed by atoms with Gasteiger partial charge in [0.1, 0.15) is 0 Å². The third-order valence-corrected chi connectivity index (χ3v) is 1.05. The van der Waals surface area contributed by atoms with E-state index in [4.69, 9.17) is 0 Å². The van der Waals surface area contributed by atoms with Gasteiger partial charge in [-0.3, -0.25) is 4.98 Å². The van der Waals surface area contributed by atoms with E-state index in [9.17, 15) is 0 Å². The third kappa shape index (κ3) is 11.1. The second kappa shape index (κ2) is 11.2. The summed E-state index contributed by atoms with van der Waals surface area (Å²) in [6, 6.07) is 4.05. The minimum absolute atomic E-state index is 1.09. The Hall–Kier alpha value is -0.850. The summed E-state index contributed by atoms with van der Waals surface area (Å²) >= 11 is 0. The van der Waals surface area contributed by atoms with Crippen molar-refractivity contribution < 1.29 is 0 Å². The van der Waals surface area contributed by atoms with Crippen LogP contribution in [0.5, 0.6) is 0 Å². The van der Waals surface area contributed by atoms with E-state index >= 15 is 0 Å². The fourth-order valence-electron chi connectivity index (χ4n) is 0.687. The molecule has 0 amide bonds. The summed E-state index contributed by atoms with van der Waals surface area (Å²) < 4.78 is 0. The van der Waals surface area contributed by atoms with Gasteiger partial charge in [-0.05, 0) is 31.5 Å². The number of nitrogens with zero attached hydrogens (tertiary/aromatic N) is 1. The van der Waals surface area contributed by atoms with Gasteiger partial charge in [-0.2, -0.15) is 0 Å². The van der Waals surface area contributed by atoms with Crippen LogP contribution in [0.2, 0.25) is 0 Å². The SMILES string of the molecule is CC.CCC.Cc1ccnc(C)c1. The number of hydrogen-bond donors (Lipinski definition) is 0. The maximum absolute atomic E-state index is 4.04. The molecule has 0 radical (unpaired) electrons. The summed E-state index contributed by atoms with van der Waals surface area (Å²) in [6.07, 6.45) is 3.07. The van der Waals surface area contributed by atoms with Gasteiger partial charge in [-0.1, -0.05) is 34.1 Å². The lowest BCUT2D eigenvalue weighted by Gasteiger charge is -1.90. The summed E-state index contributed by atoms with van der Waals surface area (Å²) in [5.74, 6) is 0. The van der Waals surface area contributed by atoms with Crippen molar-refractivity contribution in [2.75, 3.05) is 0 Å². The van der Waals surface area contributed by atoms with Gasteiger partial charge in [0.15, 0.2) is 0 Å². The lowest BCUT2D eigenvalue weighted by molar-refractivity contribution is 1.09. The normalized spacial score (nSPS) is 7.54. The molecule has 0 atom stereocenters. The predicted molar refractivity (Wildman–Crippen MR) is 61.0 cm³/mol. The van der Waals surface area contributed by atoms with Gasteiger partial charge in [0, 0.05) is 11.9 Å². The van der Waals surface area contributed by atoms with Crippen LogP contribution in [-0.2, 0) is 0 Å². The van der Waals surface area contributed by atoms with Crippen LogP contribution < -0.4 is 0 Å². The second-order valence-electron chi connectivity index (χ2n) is 2.68. The van der Waals surface area contributed by atoms with Crippen LogP contribution >= 0.6 is 0 Å². The Morgan fingerprint density at radius 2 is 1.62 bits per heavy atom. The average Bonchev–Trinajstić information content (AvgIpc) is 2.08. The van der Waals surface area contributed by atoms with E-state index < -0.39 is 0 Å². The van der Waals surface area contributed by atoms with Gasteiger partial charge >= 0.3 is 0 Å². The Morgan fingerprint density at radius 3 is 1.85 bits per heavy atom. The van der Waals surface area contributed by atoms with Gasteiger partial charge < -0.3 is 0 Å². The number of aryl methyl sites for hydroxylation is 2. The van der Waals surface area contributed by atoms with Gasteiger partial charge in [0.2, 0.25) is 0 Å². The van der Waals surface area contributed by atoms with Crippen LogP contribution in [0.25, 0.3) is 0 Å². The first-order chi connectivity index (χ1) is 6.20. The zero-order valence-corrected chi connectivity index (χ0v) is 9.89. The van der Waals surface area contributed by atoms with E-state index in [2.05, 4.69) is 31.8 Å². The first-order valence-corrected chi connectivity index (χ1v) is 5.10.